The first-order valence-corrected chi connectivity index (χ1v) is 4.54. The van der Waals surface area contributed by atoms with Gasteiger partial charge in [-0.2, -0.15) is 0 Å². The standard InChI is InChI=1S/C12H16O/c1-10(11(2)9-13)8-12-6-4-3-5-7-12/h3-7,13H,8-9H2,1-2H3/b11-10+. The van der Waals surface area contributed by atoms with Crippen LogP contribution in [0.4, 0.5) is 0 Å². The van der Waals surface area contributed by atoms with Gasteiger partial charge in [0.15, 0.2) is 0 Å². The Labute approximate surface area is 79.7 Å². The van der Waals surface area contributed by atoms with Gasteiger partial charge in [-0.25, -0.2) is 0 Å². The van der Waals surface area contributed by atoms with Crippen molar-refractivity contribution in [2.75, 3.05) is 6.61 Å². The van der Waals surface area contributed by atoms with Crippen molar-refractivity contribution in [3.63, 3.8) is 0 Å². The van der Waals surface area contributed by atoms with Crippen LogP contribution in [-0.2, 0) is 6.42 Å². The predicted molar refractivity (Wildman–Crippen MR) is 55.6 cm³/mol. The number of allylic oxidation sites excluding steroid dienone is 1. The molecular weight excluding hydrogens is 160 g/mol. The molecule has 0 unspecified atom stereocenters. The molecule has 0 aromatic heterocycles. The molecule has 0 saturated carbocycles. The van der Waals surface area contributed by atoms with E-state index >= 15 is 0 Å². The minimum absolute atomic E-state index is 0.165. The molecule has 0 aliphatic heterocycles. The fourth-order valence-corrected chi connectivity index (χ4v) is 1.19. The summed E-state index contributed by atoms with van der Waals surface area (Å²) in [7, 11) is 0. The van der Waals surface area contributed by atoms with Gasteiger partial charge in [0.05, 0.1) is 6.61 Å². The molecule has 0 fully saturated rings. The molecular formula is C12H16O. The summed E-state index contributed by atoms with van der Waals surface area (Å²) in [6.45, 7) is 4.20. The molecule has 1 aromatic rings. The highest BCUT2D eigenvalue weighted by Gasteiger charge is 1.97. The van der Waals surface area contributed by atoms with Crippen LogP contribution < -0.4 is 0 Å². The smallest absolute Gasteiger partial charge is 0.0641 e. The summed E-state index contributed by atoms with van der Waals surface area (Å²) in [4.78, 5) is 0. The molecule has 0 spiro atoms. The fraction of sp³-hybridized carbons (Fsp3) is 0.333. The molecule has 0 amide bonds. The Kier molecular flexibility index (Phi) is 3.71. The van der Waals surface area contributed by atoms with E-state index in [0.717, 1.165) is 12.0 Å². The molecule has 0 radical (unpaired) electrons. The Morgan fingerprint density at radius 1 is 1.08 bits per heavy atom. The summed E-state index contributed by atoms with van der Waals surface area (Å²) >= 11 is 0. The monoisotopic (exact) mass is 176 g/mol. The summed E-state index contributed by atoms with van der Waals surface area (Å²) in [6.07, 6.45) is 0.938. The van der Waals surface area contributed by atoms with Gasteiger partial charge in [-0.05, 0) is 31.4 Å². The van der Waals surface area contributed by atoms with Crippen LogP contribution in [0, 0.1) is 0 Å². The molecule has 1 heteroatoms. The first kappa shape index (κ1) is 10.0. The van der Waals surface area contributed by atoms with E-state index in [-0.39, 0.29) is 6.61 Å². The number of aliphatic hydroxyl groups is 1. The minimum atomic E-state index is 0.165. The summed E-state index contributed by atoms with van der Waals surface area (Å²) in [6, 6.07) is 10.3. The number of aliphatic hydroxyl groups excluding tert-OH is 1. The van der Waals surface area contributed by atoms with Crippen LogP contribution in [-0.4, -0.2) is 11.7 Å². The second kappa shape index (κ2) is 4.83. The summed E-state index contributed by atoms with van der Waals surface area (Å²) in [5.74, 6) is 0. The molecule has 0 heterocycles. The molecule has 70 valence electrons. The third-order valence-electron chi connectivity index (χ3n) is 2.28. The highest BCUT2D eigenvalue weighted by atomic mass is 16.3. The minimum Gasteiger partial charge on any atom is -0.392 e. The number of hydrogen-bond donors (Lipinski definition) is 1. The van der Waals surface area contributed by atoms with Gasteiger partial charge in [0, 0.05) is 0 Å². The van der Waals surface area contributed by atoms with Crippen molar-refractivity contribution < 1.29 is 5.11 Å². The highest BCUT2D eigenvalue weighted by Crippen LogP contribution is 2.10. The first-order valence-electron chi connectivity index (χ1n) is 4.54. The fourth-order valence-electron chi connectivity index (χ4n) is 1.19. The highest BCUT2D eigenvalue weighted by molar-refractivity contribution is 5.23. The summed E-state index contributed by atoms with van der Waals surface area (Å²) < 4.78 is 0. The molecule has 0 aliphatic carbocycles. The van der Waals surface area contributed by atoms with Crippen molar-refractivity contribution in [2.45, 2.75) is 20.3 Å². The summed E-state index contributed by atoms with van der Waals surface area (Å²) in [5, 5.41) is 8.93. The zero-order chi connectivity index (χ0) is 9.68. The third kappa shape index (κ3) is 3.03. The lowest BCUT2D eigenvalue weighted by atomic mass is 10.0. The Balaban J connectivity index is 2.70. The van der Waals surface area contributed by atoms with Crippen molar-refractivity contribution in [1.82, 2.24) is 0 Å². The van der Waals surface area contributed by atoms with Gasteiger partial charge in [-0.3, -0.25) is 0 Å². The maximum Gasteiger partial charge on any atom is 0.0641 e. The third-order valence-corrected chi connectivity index (χ3v) is 2.28. The number of hydrogen-bond acceptors (Lipinski definition) is 1. The zero-order valence-electron chi connectivity index (χ0n) is 8.25. The predicted octanol–water partition coefficient (Wildman–Crippen LogP) is 2.56. The van der Waals surface area contributed by atoms with E-state index in [1.54, 1.807) is 0 Å². The molecule has 0 saturated heterocycles. The second-order valence-electron chi connectivity index (χ2n) is 3.38. The normalized spacial score (nSPS) is 12.5. The van der Waals surface area contributed by atoms with Crippen LogP contribution >= 0.6 is 0 Å². The molecule has 1 aromatic carbocycles. The van der Waals surface area contributed by atoms with Gasteiger partial charge < -0.3 is 5.11 Å². The molecule has 1 N–H and O–H groups in total. The molecule has 1 rings (SSSR count). The lowest BCUT2D eigenvalue weighted by Gasteiger charge is -2.05. The Bertz CT molecular complexity index is 285. The van der Waals surface area contributed by atoms with Gasteiger partial charge in [0.2, 0.25) is 0 Å². The van der Waals surface area contributed by atoms with Gasteiger partial charge in [0.25, 0.3) is 0 Å². The van der Waals surface area contributed by atoms with E-state index in [0.29, 0.717) is 0 Å². The van der Waals surface area contributed by atoms with E-state index in [2.05, 4.69) is 19.1 Å². The lowest BCUT2D eigenvalue weighted by Crippen LogP contribution is -1.93. The van der Waals surface area contributed by atoms with Crippen molar-refractivity contribution in [3.05, 3.63) is 47.0 Å². The zero-order valence-corrected chi connectivity index (χ0v) is 8.25. The van der Waals surface area contributed by atoms with Crippen LogP contribution in [0.5, 0.6) is 0 Å². The molecule has 13 heavy (non-hydrogen) atoms. The maximum absolute atomic E-state index is 8.93. The van der Waals surface area contributed by atoms with E-state index in [1.165, 1.54) is 11.1 Å². The van der Waals surface area contributed by atoms with Gasteiger partial charge in [-0.1, -0.05) is 35.9 Å². The van der Waals surface area contributed by atoms with Crippen LogP contribution in [0.3, 0.4) is 0 Å². The van der Waals surface area contributed by atoms with Crippen molar-refractivity contribution in [3.8, 4) is 0 Å². The largest absolute Gasteiger partial charge is 0.392 e. The SMILES string of the molecule is C/C(CO)=C(/C)Cc1ccccc1. The molecule has 1 nitrogen and oxygen atoms in total. The van der Waals surface area contributed by atoms with Crippen LogP contribution in [0.2, 0.25) is 0 Å². The van der Waals surface area contributed by atoms with E-state index < -0.39 is 0 Å². The van der Waals surface area contributed by atoms with Crippen molar-refractivity contribution in [1.29, 1.82) is 0 Å². The van der Waals surface area contributed by atoms with Crippen LogP contribution in [0.1, 0.15) is 19.4 Å². The molecule has 0 bridgehead atoms. The summed E-state index contributed by atoms with van der Waals surface area (Å²) in [5.41, 5.74) is 3.63. The number of rotatable bonds is 3. The van der Waals surface area contributed by atoms with Gasteiger partial charge >= 0.3 is 0 Å². The first-order chi connectivity index (χ1) is 6.24. The van der Waals surface area contributed by atoms with Gasteiger partial charge in [0.1, 0.15) is 0 Å². The Hall–Kier alpha value is -1.08. The second-order valence-corrected chi connectivity index (χ2v) is 3.38. The van der Waals surface area contributed by atoms with Gasteiger partial charge in [-0.15, -0.1) is 0 Å². The van der Waals surface area contributed by atoms with E-state index in [1.807, 2.05) is 25.1 Å². The quantitative estimate of drug-likeness (QED) is 0.702. The van der Waals surface area contributed by atoms with Crippen molar-refractivity contribution >= 4 is 0 Å². The molecule has 0 aliphatic rings. The van der Waals surface area contributed by atoms with Crippen LogP contribution in [0.25, 0.3) is 0 Å². The average molecular weight is 176 g/mol. The Morgan fingerprint density at radius 3 is 2.23 bits per heavy atom. The van der Waals surface area contributed by atoms with Crippen LogP contribution in [0.15, 0.2) is 41.5 Å². The van der Waals surface area contributed by atoms with E-state index in [4.69, 9.17) is 5.11 Å². The van der Waals surface area contributed by atoms with E-state index in [9.17, 15) is 0 Å². The Morgan fingerprint density at radius 2 is 1.69 bits per heavy atom. The molecule has 0 atom stereocenters. The average Bonchev–Trinajstić information content (AvgIpc) is 2.18. The topological polar surface area (TPSA) is 20.2 Å². The van der Waals surface area contributed by atoms with Crippen molar-refractivity contribution in [2.24, 2.45) is 0 Å². The maximum atomic E-state index is 8.93. The lowest BCUT2D eigenvalue weighted by molar-refractivity contribution is 0.330. The number of benzene rings is 1.